The zero-order valence-electron chi connectivity index (χ0n) is 12.1. The fraction of sp³-hybridized carbons (Fsp3) is 1.00. The molecule has 108 valence electrons. The zero-order chi connectivity index (χ0) is 14.2. The van der Waals surface area contributed by atoms with Crippen LogP contribution in [0.3, 0.4) is 0 Å². The topological polar surface area (TPSA) is 141 Å². The first-order chi connectivity index (χ1) is 8.02. The van der Waals surface area contributed by atoms with E-state index in [4.69, 9.17) is 9.79 Å². The van der Waals surface area contributed by atoms with Gasteiger partial charge in [0.15, 0.2) is 20.3 Å². The Morgan fingerprint density at radius 1 is 1.05 bits per heavy atom. The van der Waals surface area contributed by atoms with Gasteiger partial charge in [0.25, 0.3) is 0 Å². The number of hydrogen-bond acceptors (Lipinski definition) is 5. The molecule has 1 rings (SSSR count). The molecule has 0 aromatic carbocycles. The molecule has 0 heterocycles. The zero-order valence-corrected chi connectivity index (χ0v) is 17.8. The van der Waals surface area contributed by atoms with Crippen LogP contribution in [-0.4, -0.2) is 20.0 Å². The summed E-state index contributed by atoms with van der Waals surface area (Å²) in [5.74, 6) is -1.65. The van der Waals surface area contributed by atoms with Gasteiger partial charge < -0.3 is 33.8 Å². The van der Waals surface area contributed by atoms with Gasteiger partial charge in [-0.1, -0.05) is 39.0 Å². The predicted octanol–water partition coefficient (Wildman–Crippen LogP) is -6.05. The second-order valence-electron chi connectivity index (χ2n) is 4.91. The molecule has 0 bridgehead atoms. The summed E-state index contributed by atoms with van der Waals surface area (Å²) in [7, 11) is -11.3. The molecule has 20 heavy (non-hydrogen) atoms. The Kier molecular flexibility index (Phi) is 10.9. The molecule has 0 aromatic rings. The molecule has 1 saturated carbocycles. The standard InChI is InChI=1S/C9H20O7P2.2Na/c1-7(8-5-3-2-4-6-8)9(10,17(11,12)13)18(14,15)16;;/h7-8,10H,2-6H2,1H3,(H2,11,12,13)(H2,14,15,16);;/q;2*+1/p-2. The van der Waals surface area contributed by atoms with E-state index in [0.717, 1.165) is 19.3 Å². The fourth-order valence-corrected chi connectivity index (χ4v) is 5.35. The Morgan fingerprint density at radius 2 is 1.40 bits per heavy atom. The van der Waals surface area contributed by atoms with Crippen LogP contribution in [0.5, 0.6) is 0 Å². The van der Waals surface area contributed by atoms with Gasteiger partial charge in [0.1, 0.15) is 0 Å². The van der Waals surface area contributed by atoms with E-state index < -0.39 is 26.2 Å². The van der Waals surface area contributed by atoms with E-state index in [1.165, 1.54) is 6.92 Å². The van der Waals surface area contributed by atoms with Crippen molar-refractivity contribution in [1.82, 2.24) is 0 Å². The molecule has 0 saturated heterocycles. The number of aliphatic hydroxyl groups is 1. The SMILES string of the molecule is CC(C1CCCCC1)C(O)(P(=O)([O-])O)P(=O)([O-])O.[Na+].[Na+]. The van der Waals surface area contributed by atoms with Crippen molar-refractivity contribution in [1.29, 1.82) is 0 Å². The molecule has 1 aliphatic rings. The molecule has 0 spiro atoms. The van der Waals surface area contributed by atoms with Crippen molar-refractivity contribution in [2.24, 2.45) is 11.8 Å². The van der Waals surface area contributed by atoms with Crippen LogP contribution < -0.4 is 68.9 Å². The van der Waals surface area contributed by atoms with E-state index in [1.807, 2.05) is 0 Å². The third-order valence-electron chi connectivity index (χ3n) is 3.80. The van der Waals surface area contributed by atoms with Gasteiger partial charge in [0.05, 0.1) is 0 Å². The maximum absolute atomic E-state index is 11.2. The molecule has 3 unspecified atom stereocenters. The molecule has 0 aliphatic heterocycles. The maximum atomic E-state index is 11.2. The third kappa shape index (κ3) is 5.13. The van der Waals surface area contributed by atoms with Crippen molar-refractivity contribution in [2.75, 3.05) is 0 Å². The average molecular weight is 346 g/mol. The van der Waals surface area contributed by atoms with Crippen molar-refractivity contribution < 1.29 is 92.9 Å². The van der Waals surface area contributed by atoms with E-state index in [2.05, 4.69) is 0 Å². The molecular formula is C9H18Na2O7P2. The summed E-state index contributed by atoms with van der Waals surface area (Å²) in [4.78, 5) is 40.4. The van der Waals surface area contributed by atoms with Gasteiger partial charge in [-0.2, -0.15) is 0 Å². The van der Waals surface area contributed by atoms with Crippen molar-refractivity contribution in [3.05, 3.63) is 0 Å². The van der Waals surface area contributed by atoms with Gasteiger partial charge in [-0.3, -0.25) is 0 Å². The Morgan fingerprint density at radius 3 is 1.70 bits per heavy atom. The maximum Gasteiger partial charge on any atom is 1.00 e. The summed E-state index contributed by atoms with van der Waals surface area (Å²) in [5.41, 5.74) is 0. The minimum absolute atomic E-state index is 0. The first kappa shape index (κ1) is 24.5. The second kappa shape index (κ2) is 8.93. The van der Waals surface area contributed by atoms with Crippen LogP contribution in [0.25, 0.3) is 0 Å². The first-order valence-corrected chi connectivity index (χ1v) is 8.97. The van der Waals surface area contributed by atoms with Gasteiger partial charge in [-0.15, -0.1) is 0 Å². The summed E-state index contributed by atoms with van der Waals surface area (Å²) in [6.07, 6.45) is 3.68. The monoisotopic (exact) mass is 346 g/mol. The van der Waals surface area contributed by atoms with Crippen LogP contribution in [0.2, 0.25) is 0 Å². The largest absolute Gasteiger partial charge is 1.00 e. The summed E-state index contributed by atoms with van der Waals surface area (Å²) in [5, 5.41) is 6.36. The Hall–Kier alpha value is 2.26. The Balaban J connectivity index is 0. The van der Waals surface area contributed by atoms with Gasteiger partial charge in [0.2, 0.25) is 0 Å². The van der Waals surface area contributed by atoms with E-state index >= 15 is 0 Å². The van der Waals surface area contributed by atoms with Gasteiger partial charge >= 0.3 is 59.1 Å². The number of rotatable bonds is 4. The van der Waals surface area contributed by atoms with Gasteiger partial charge in [-0.25, -0.2) is 0 Å². The number of hydrogen-bond donors (Lipinski definition) is 3. The smallest absolute Gasteiger partial charge is 0.776 e. The molecule has 1 aliphatic carbocycles. The summed E-state index contributed by atoms with van der Waals surface area (Å²) >= 11 is 0. The first-order valence-electron chi connectivity index (χ1n) is 5.82. The minimum atomic E-state index is -5.65. The molecule has 7 nitrogen and oxygen atoms in total. The van der Waals surface area contributed by atoms with Crippen molar-refractivity contribution in [3.8, 4) is 0 Å². The molecular weight excluding hydrogens is 328 g/mol. The van der Waals surface area contributed by atoms with Crippen LogP contribution in [0.1, 0.15) is 39.0 Å². The second-order valence-corrected chi connectivity index (χ2v) is 8.71. The molecule has 0 radical (unpaired) electrons. The fourth-order valence-electron chi connectivity index (χ4n) is 2.62. The molecule has 3 atom stereocenters. The van der Waals surface area contributed by atoms with Crippen LogP contribution in [0, 0.1) is 11.8 Å². The average Bonchev–Trinajstić information content (AvgIpc) is 2.25. The Bertz CT molecular complexity index is 366. The molecule has 11 heteroatoms. The van der Waals surface area contributed by atoms with Crippen molar-refractivity contribution >= 4 is 15.2 Å². The van der Waals surface area contributed by atoms with E-state index in [1.54, 1.807) is 0 Å². The summed E-state index contributed by atoms with van der Waals surface area (Å²) < 4.78 is 22.4. The van der Waals surface area contributed by atoms with Crippen molar-refractivity contribution in [3.63, 3.8) is 0 Å². The molecule has 1 fully saturated rings. The van der Waals surface area contributed by atoms with E-state index in [0.29, 0.717) is 12.8 Å². The van der Waals surface area contributed by atoms with Crippen LogP contribution in [0.4, 0.5) is 0 Å². The molecule has 0 amide bonds. The van der Waals surface area contributed by atoms with E-state index in [9.17, 15) is 24.0 Å². The third-order valence-corrected chi connectivity index (χ3v) is 7.79. The quantitative estimate of drug-likeness (QED) is 0.340. The van der Waals surface area contributed by atoms with Gasteiger partial charge in [-0.05, 0) is 5.92 Å². The molecule has 3 N–H and O–H groups in total. The predicted molar refractivity (Wildman–Crippen MR) is 60.3 cm³/mol. The normalized spacial score (nSPS) is 26.9. The van der Waals surface area contributed by atoms with Crippen LogP contribution >= 0.6 is 15.2 Å². The minimum Gasteiger partial charge on any atom is -0.776 e. The van der Waals surface area contributed by atoms with Crippen molar-refractivity contribution in [2.45, 2.75) is 44.1 Å². The van der Waals surface area contributed by atoms with Gasteiger partial charge in [0, 0.05) is 5.92 Å². The summed E-state index contributed by atoms with van der Waals surface area (Å²) in [6.45, 7) is 1.22. The Labute approximate surface area is 162 Å². The van der Waals surface area contributed by atoms with E-state index in [-0.39, 0.29) is 65.0 Å². The summed E-state index contributed by atoms with van der Waals surface area (Å²) in [6, 6.07) is 0. The molecule has 0 aromatic heterocycles. The van der Waals surface area contributed by atoms with Crippen LogP contribution in [-0.2, 0) is 9.13 Å². The van der Waals surface area contributed by atoms with Crippen LogP contribution in [0.15, 0.2) is 0 Å².